The van der Waals surface area contributed by atoms with Crippen molar-refractivity contribution >= 4 is 5.69 Å². The van der Waals surface area contributed by atoms with Crippen LogP contribution in [-0.2, 0) is 0 Å². The minimum absolute atomic E-state index is 0.0436. The van der Waals surface area contributed by atoms with Gasteiger partial charge in [0.2, 0.25) is 0 Å². The highest BCUT2D eigenvalue weighted by molar-refractivity contribution is 5.43. The monoisotopic (exact) mass is 278 g/mol. The number of benzene rings is 1. The molecule has 0 spiro atoms. The molecule has 3 unspecified atom stereocenters. The van der Waals surface area contributed by atoms with Crippen LogP contribution in [0.4, 0.5) is 5.69 Å². The van der Waals surface area contributed by atoms with Crippen LogP contribution in [0.2, 0.25) is 0 Å². The first-order valence-electron chi connectivity index (χ1n) is 7.15. The van der Waals surface area contributed by atoms with Gasteiger partial charge in [0.15, 0.2) is 0 Å². The Bertz CT molecular complexity index is 490. The van der Waals surface area contributed by atoms with E-state index in [4.69, 9.17) is 0 Å². The van der Waals surface area contributed by atoms with Crippen LogP contribution in [0.25, 0.3) is 0 Å². The van der Waals surface area contributed by atoms with E-state index in [0.717, 1.165) is 31.4 Å². The van der Waals surface area contributed by atoms with Gasteiger partial charge in [0.1, 0.15) is 0 Å². The van der Waals surface area contributed by atoms with E-state index < -0.39 is 0 Å². The van der Waals surface area contributed by atoms with E-state index in [1.165, 1.54) is 0 Å². The number of hydrogen-bond donors (Lipinski definition) is 2. The molecule has 0 saturated heterocycles. The van der Waals surface area contributed by atoms with Gasteiger partial charge in [-0.15, -0.1) is 0 Å². The fraction of sp³-hybridized carbons (Fsp3) is 0.600. The third kappa shape index (κ3) is 3.35. The molecule has 2 N–H and O–H groups in total. The lowest BCUT2D eigenvalue weighted by Gasteiger charge is -2.20. The summed E-state index contributed by atoms with van der Waals surface area (Å²) >= 11 is 0. The molecule has 0 aromatic heterocycles. The van der Waals surface area contributed by atoms with E-state index in [9.17, 15) is 15.2 Å². The Balaban J connectivity index is 2.00. The molecule has 3 atom stereocenters. The van der Waals surface area contributed by atoms with E-state index in [2.05, 4.69) is 5.32 Å². The van der Waals surface area contributed by atoms with E-state index in [1.807, 2.05) is 13.0 Å². The van der Waals surface area contributed by atoms with Crippen molar-refractivity contribution in [1.29, 1.82) is 0 Å². The summed E-state index contributed by atoms with van der Waals surface area (Å²) < 4.78 is 0. The molecule has 0 bridgehead atoms. The first-order chi connectivity index (χ1) is 9.49. The van der Waals surface area contributed by atoms with Crippen LogP contribution in [0.1, 0.15) is 43.4 Å². The maximum Gasteiger partial charge on any atom is 0.272 e. The Morgan fingerprint density at radius 2 is 2.25 bits per heavy atom. The molecular weight excluding hydrogens is 256 g/mol. The van der Waals surface area contributed by atoms with Gasteiger partial charge in [-0.25, -0.2) is 0 Å². The van der Waals surface area contributed by atoms with Gasteiger partial charge < -0.3 is 10.4 Å². The maximum atomic E-state index is 11.0. The predicted octanol–water partition coefficient (Wildman–Crippen LogP) is 2.71. The van der Waals surface area contributed by atoms with Gasteiger partial charge in [-0.05, 0) is 38.2 Å². The fourth-order valence-corrected chi connectivity index (χ4v) is 2.79. The summed E-state index contributed by atoms with van der Waals surface area (Å²) in [6.07, 6.45) is 2.81. The molecule has 1 aliphatic carbocycles. The number of nitro benzene ring substituents is 1. The average molecular weight is 278 g/mol. The van der Waals surface area contributed by atoms with Crippen molar-refractivity contribution in [2.24, 2.45) is 5.92 Å². The minimum Gasteiger partial charge on any atom is -0.393 e. The van der Waals surface area contributed by atoms with E-state index >= 15 is 0 Å². The molecule has 1 aromatic rings. The van der Waals surface area contributed by atoms with E-state index in [-0.39, 0.29) is 22.8 Å². The highest BCUT2D eigenvalue weighted by atomic mass is 16.6. The first-order valence-corrected chi connectivity index (χ1v) is 7.15. The zero-order valence-electron chi connectivity index (χ0n) is 12.0. The number of aliphatic hydroxyl groups excluding tert-OH is 1. The summed E-state index contributed by atoms with van der Waals surface area (Å²) in [5, 5.41) is 24.1. The fourth-order valence-electron chi connectivity index (χ4n) is 2.79. The molecule has 2 rings (SSSR count). The van der Waals surface area contributed by atoms with Crippen molar-refractivity contribution in [3.05, 3.63) is 39.4 Å². The molecule has 5 nitrogen and oxygen atoms in total. The van der Waals surface area contributed by atoms with Gasteiger partial charge >= 0.3 is 0 Å². The molecule has 5 heteroatoms. The molecule has 0 heterocycles. The molecule has 0 aliphatic heterocycles. The second-order valence-electron chi connectivity index (χ2n) is 5.69. The smallest absolute Gasteiger partial charge is 0.272 e. The Kier molecular flexibility index (Phi) is 4.73. The van der Waals surface area contributed by atoms with Gasteiger partial charge in [-0.1, -0.05) is 18.6 Å². The van der Waals surface area contributed by atoms with E-state index in [0.29, 0.717) is 11.5 Å². The van der Waals surface area contributed by atoms with Crippen LogP contribution >= 0.6 is 0 Å². The molecule has 110 valence electrons. The van der Waals surface area contributed by atoms with Gasteiger partial charge in [0.05, 0.1) is 11.0 Å². The van der Waals surface area contributed by atoms with Crippen LogP contribution in [0, 0.1) is 23.0 Å². The molecule has 20 heavy (non-hydrogen) atoms. The van der Waals surface area contributed by atoms with Crippen molar-refractivity contribution in [1.82, 2.24) is 5.32 Å². The Hall–Kier alpha value is -1.46. The highest BCUT2D eigenvalue weighted by Crippen LogP contribution is 2.27. The second kappa shape index (κ2) is 6.33. The molecule has 1 fully saturated rings. The van der Waals surface area contributed by atoms with Crippen molar-refractivity contribution in [2.45, 2.75) is 45.3 Å². The van der Waals surface area contributed by atoms with Gasteiger partial charge in [-0.2, -0.15) is 0 Å². The zero-order valence-corrected chi connectivity index (χ0v) is 12.0. The third-order valence-corrected chi connectivity index (χ3v) is 4.24. The van der Waals surface area contributed by atoms with Crippen molar-refractivity contribution in [3.8, 4) is 0 Å². The van der Waals surface area contributed by atoms with Crippen molar-refractivity contribution < 1.29 is 10.0 Å². The van der Waals surface area contributed by atoms with Crippen molar-refractivity contribution in [2.75, 3.05) is 6.54 Å². The Morgan fingerprint density at radius 3 is 2.85 bits per heavy atom. The molecule has 1 aliphatic rings. The molecule has 1 saturated carbocycles. The summed E-state index contributed by atoms with van der Waals surface area (Å²) in [4.78, 5) is 10.6. The molecule has 1 aromatic carbocycles. The lowest BCUT2D eigenvalue weighted by molar-refractivity contribution is -0.385. The lowest BCUT2D eigenvalue weighted by Crippen LogP contribution is -2.29. The van der Waals surface area contributed by atoms with Crippen LogP contribution in [-0.4, -0.2) is 22.7 Å². The Morgan fingerprint density at radius 1 is 1.50 bits per heavy atom. The summed E-state index contributed by atoms with van der Waals surface area (Å²) in [5.41, 5.74) is 1.75. The summed E-state index contributed by atoms with van der Waals surface area (Å²) in [5.74, 6) is 0.304. The Labute approximate surface area is 119 Å². The predicted molar refractivity (Wildman–Crippen MR) is 77.6 cm³/mol. The second-order valence-corrected chi connectivity index (χ2v) is 5.69. The third-order valence-electron chi connectivity index (χ3n) is 4.24. The molecule has 0 radical (unpaired) electrons. The van der Waals surface area contributed by atoms with Crippen LogP contribution < -0.4 is 5.32 Å². The van der Waals surface area contributed by atoms with Gasteiger partial charge in [0, 0.05) is 24.2 Å². The maximum absolute atomic E-state index is 11.0. The van der Waals surface area contributed by atoms with Crippen LogP contribution in [0.15, 0.2) is 18.2 Å². The highest BCUT2D eigenvalue weighted by Gasteiger charge is 2.25. The number of aliphatic hydroxyl groups is 1. The number of rotatable bonds is 5. The van der Waals surface area contributed by atoms with Crippen molar-refractivity contribution in [3.63, 3.8) is 0 Å². The number of aryl methyl sites for hydroxylation is 1. The largest absolute Gasteiger partial charge is 0.393 e. The topological polar surface area (TPSA) is 75.4 Å². The first kappa shape index (κ1) is 14.9. The summed E-state index contributed by atoms with van der Waals surface area (Å²) in [7, 11) is 0. The average Bonchev–Trinajstić information content (AvgIpc) is 2.81. The standard InChI is InChI=1S/C15H22N2O3/c1-10-6-7-12(8-14(10)17(19)20)11(2)16-9-13-4-3-5-15(13)18/h6-8,11,13,15-16,18H,3-5,9H2,1-2H3. The normalized spacial score (nSPS) is 23.8. The minimum atomic E-state index is -0.341. The lowest BCUT2D eigenvalue weighted by atomic mass is 10.0. The summed E-state index contributed by atoms with van der Waals surface area (Å²) in [6.45, 7) is 4.49. The number of nitro groups is 1. The van der Waals surface area contributed by atoms with E-state index in [1.54, 1.807) is 19.1 Å². The quantitative estimate of drug-likeness (QED) is 0.641. The molecular formula is C15H22N2O3. The SMILES string of the molecule is Cc1ccc(C(C)NCC2CCCC2O)cc1[N+](=O)[O-]. The van der Waals surface area contributed by atoms with Gasteiger partial charge in [0.25, 0.3) is 5.69 Å². The summed E-state index contributed by atoms with van der Waals surface area (Å²) in [6, 6.07) is 5.39. The zero-order chi connectivity index (χ0) is 14.7. The number of nitrogens with one attached hydrogen (secondary N) is 1. The van der Waals surface area contributed by atoms with Crippen LogP contribution in [0.5, 0.6) is 0 Å². The van der Waals surface area contributed by atoms with Crippen LogP contribution in [0.3, 0.4) is 0 Å². The molecule has 0 amide bonds. The van der Waals surface area contributed by atoms with Gasteiger partial charge in [-0.3, -0.25) is 10.1 Å². The number of nitrogens with zero attached hydrogens (tertiary/aromatic N) is 1. The number of hydrogen-bond acceptors (Lipinski definition) is 4.